The molecule has 0 saturated heterocycles. The molecule has 2 N–H and O–H groups in total. The van der Waals surface area contributed by atoms with Crippen molar-refractivity contribution in [1.29, 1.82) is 0 Å². The molecule has 0 aromatic carbocycles. The number of hydrogen-bond acceptors (Lipinski definition) is 5. The maximum atomic E-state index is 11.7. The third-order valence-electron chi connectivity index (χ3n) is 3.52. The summed E-state index contributed by atoms with van der Waals surface area (Å²) in [6, 6.07) is 2.27. The Morgan fingerprint density at radius 3 is 2.90 bits per heavy atom. The highest BCUT2D eigenvalue weighted by molar-refractivity contribution is 5.79. The monoisotopic (exact) mass is 281 g/mol. The van der Waals surface area contributed by atoms with Crippen LogP contribution >= 0.6 is 0 Å². The second-order valence-electron chi connectivity index (χ2n) is 5.02. The normalized spacial score (nSPS) is 23.8. The summed E-state index contributed by atoms with van der Waals surface area (Å²) >= 11 is 0. The van der Waals surface area contributed by atoms with Crippen LogP contribution in [0.3, 0.4) is 0 Å². The van der Waals surface area contributed by atoms with E-state index >= 15 is 0 Å². The van der Waals surface area contributed by atoms with Crippen molar-refractivity contribution in [2.45, 2.75) is 38.3 Å². The standard InChI is InChI=1S/C14H19NO5/c1-3-19-14(18)12(15-7-16)13(17)11-5-4-10(20-11)9-6-8(9)2/h4-5,7-9,12-13,17H,3,6H2,1-2H3,(H,15,16). The lowest BCUT2D eigenvalue weighted by Gasteiger charge is -2.18. The summed E-state index contributed by atoms with van der Waals surface area (Å²) in [7, 11) is 0. The summed E-state index contributed by atoms with van der Waals surface area (Å²) in [5.41, 5.74) is 0. The van der Waals surface area contributed by atoms with Gasteiger partial charge in [0.15, 0.2) is 6.04 Å². The molecule has 1 aromatic rings. The minimum absolute atomic E-state index is 0.172. The van der Waals surface area contributed by atoms with Crippen molar-refractivity contribution in [3.63, 3.8) is 0 Å². The van der Waals surface area contributed by atoms with Crippen LogP contribution in [0, 0.1) is 5.92 Å². The first kappa shape index (κ1) is 14.6. The third kappa shape index (κ3) is 3.01. The second-order valence-corrected chi connectivity index (χ2v) is 5.02. The van der Waals surface area contributed by atoms with Crippen molar-refractivity contribution in [2.75, 3.05) is 6.61 Å². The van der Waals surface area contributed by atoms with Crippen molar-refractivity contribution in [2.24, 2.45) is 5.92 Å². The van der Waals surface area contributed by atoms with Gasteiger partial charge in [-0.05, 0) is 31.4 Å². The van der Waals surface area contributed by atoms with Crippen molar-refractivity contribution < 1.29 is 23.8 Å². The lowest BCUT2D eigenvalue weighted by molar-refractivity contribution is -0.150. The molecule has 6 nitrogen and oxygen atoms in total. The molecule has 2 rings (SSSR count). The molecule has 0 radical (unpaired) electrons. The largest absolute Gasteiger partial charge is 0.464 e. The van der Waals surface area contributed by atoms with E-state index in [-0.39, 0.29) is 12.4 Å². The quantitative estimate of drug-likeness (QED) is 0.577. The Balaban J connectivity index is 2.09. The predicted molar refractivity (Wildman–Crippen MR) is 69.8 cm³/mol. The van der Waals surface area contributed by atoms with Gasteiger partial charge < -0.3 is 19.6 Å². The molecule has 1 fully saturated rings. The van der Waals surface area contributed by atoms with E-state index in [1.54, 1.807) is 19.1 Å². The fourth-order valence-electron chi connectivity index (χ4n) is 2.20. The van der Waals surface area contributed by atoms with Gasteiger partial charge in [0, 0.05) is 5.92 Å². The highest BCUT2D eigenvalue weighted by atomic mass is 16.5. The Kier molecular flexibility index (Phi) is 4.44. The zero-order chi connectivity index (χ0) is 14.7. The first-order valence-corrected chi connectivity index (χ1v) is 6.72. The molecule has 20 heavy (non-hydrogen) atoms. The molecule has 0 bridgehead atoms. The van der Waals surface area contributed by atoms with Gasteiger partial charge >= 0.3 is 5.97 Å². The van der Waals surface area contributed by atoms with E-state index in [0.29, 0.717) is 18.2 Å². The second kappa shape index (κ2) is 6.09. The number of furan rings is 1. The average molecular weight is 281 g/mol. The van der Waals surface area contributed by atoms with Crippen molar-refractivity contribution in [1.82, 2.24) is 5.32 Å². The summed E-state index contributed by atoms with van der Waals surface area (Å²) in [6.07, 6.45) is 0.163. The molecule has 4 unspecified atom stereocenters. The van der Waals surface area contributed by atoms with E-state index in [1.807, 2.05) is 0 Å². The topological polar surface area (TPSA) is 88.8 Å². The van der Waals surface area contributed by atoms with Crippen molar-refractivity contribution in [3.8, 4) is 0 Å². The molecule has 110 valence electrons. The Bertz CT molecular complexity index is 484. The first-order valence-electron chi connectivity index (χ1n) is 6.72. The third-order valence-corrected chi connectivity index (χ3v) is 3.52. The summed E-state index contributed by atoms with van der Waals surface area (Å²) in [5.74, 6) is 1.34. The number of hydrogen-bond donors (Lipinski definition) is 2. The van der Waals surface area contributed by atoms with Gasteiger partial charge in [-0.3, -0.25) is 4.79 Å². The van der Waals surface area contributed by atoms with E-state index in [4.69, 9.17) is 9.15 Å². The number of ether oxygens (including phenoxy) is 1. The Labute approximate surface area is 117 Å². The van der Waals surface area contributed by atoms with Gasteiger partial charge in [0.1, 0.15) is 17.6 Å². The zero-order valence-electron chi connectivity index (χ0n) is 11.5. The van der Waals surface area contributed by atoms with Gasteiger partial charge in [-0.25, -0.2) is 4.79 Å². The lowest BCUT2D eigenvalue weighted by Crippen LogP contribution is -2.42. The molecule has 1 aromatic heterocycles. The lowest BCUT2D eigenvalue weighted by atomic mass is 10.1. The molecule has 4 atom stereocenters. The molecule has 1 saturated carbocycles. The summed E-state index contributed by atoms with van der Waals surface area (Å²) in [6.45, 7) is 3.95. The number of rotatable bonds is 7. The molecule has 1 aliphatic rings. The van der Waals surface area contributed by atoms with Crippen molar-refractivity contribution >= 4 is 12.4 Å². The molecule has 6 heteroatoms. The van der Waals surface area contributed by atoms with Gasteiger partial charge in [-0.15, -0.1) is 0 Å². The number of nitrogens with one attached hydrogen (secondary N) is 1. The highest BCUT2D eigenvalue weighted by Crippen LogP contribution is 2.47. The number of aliphatic hydroxyl groups is 1. The van der Waals surface area contributed by atoms with Crippen LogP contribution in [0.25, 0.3) is 0 Å². The maximum Gasteiger partial charge on any atom is 0.331 e. The molecule has 0 spiro atoms. The fourth-order valence-corrected chi connectivity index (χ4v) is 2.20. The molecule has 1 aliphatic carbocycles. The van der Waals surface area contributed by atoms with Crippen molar-refractivity contribution in [3.05, 3.63) is 23.7 Å². The first-order chi connectivity index (χ1) is 9.58. The van der Waals surface area contributed by atoms with Crippen LogP contribution in [0.5, 0.6) is 0 Å². The van der Waals surface area contributed by atoms with Gasteiger partial charge in [-0.2, -0.15) is 0 Å². The fraction of sp³-hybridized carbons (Fsp3) is 0.571. The van der Waals surface area contributed by atoms with E-state index in [1.165, 1.54) is 0 Å². The number of amides is 1. The number of carbonyl (C=O) groups excluding carboxylic acids is 2. The minimum atomic E-state index is -1.26. The van der Waals surface area contributed by atoms with Gasteiger partial charge in [-0.1, -0.05) is 6.92 Å². The van der Waals surface area contributed by atoms with Crippen LogP contribution in [0.1, 0.15) is 43.8 Å². The number of carbonyl (C=O) groups is 2. The smallest absolute Gasteiger partial charge is 0.331 e. The van der Waals surface area contributed by atoms with Gasteiger partial charge in [0.2, 0.25) is 6.41 Å². The summed E-state index contributed by atoms with van der Waals surface area (Å²) in [5, 5.41) is 12.4. The summed E-state index contributed by atoms with van der Waals surface area (Å²) < 4.78 is 10.4. The minimum Gasteiger partial charge on any atom is -0.464 e. The van der Waals surface area contributed by atoms with Crippen LogP contribution < -0.4 is 5.32 Å². The van der Waals surface area contributed by atoms with Crippen LogP contribution in [-0.4, -0.2) is 30.1 Å². The van der Waals surface area contributed by atoms with Crippen LogP contribution in [0.15, 0.2) is 16.5 Å². The summed E-state index contributed by atoms with van der Waals surface area (Å²) in [4.78, 5) is 22.3. The number of aliphatic hydroxyl groups excluding tert-OH is 1. The van der Waals surface area contributed by atoms with Gasteiger partial charge in [0.05, 0.1) is 6.61 Å². The van der Waals surface area contributed by atoms with E-state index in [2.05, 4.69) is 12.2 Å². The maximum absolute atomic E-state index is 11.7. The SMILES string of the molecule is CCOC(=O)C(NC=O)C(O)c1ccc(C2CC2C)o1. The van der Waals surface area contributed by atoms with Crippen LogP contribution in [0.4, 0.5) is 0 Å². The van der Waals surface area contributed by atoms with Crippen LogP contribution in [0.2, 0.25) is 0 Å². The molecule has 1 heterocycles. The van der Waals surface area contributed by atoms with E-state index in [0.717, 1.165) is 12.2 Å². The molecule has 0 aliphatic heterocycles. The Hall–Kier alpha value is -1.82. The zero-order valence-corrected chi connectivity index (χ0v) is 11.5. The van der Waals surface area contributed by atoms with Gasteiger partial charge in [0.25, 0.3) is 0 Å². The number of esters is 1. The Morgan fingerprint density at radius 1 is 1.65 bits per heavy atom. The van der Waals surface area contributed by atoms with E-state index < -0.39 is 18.1 Å². The Morgan fingerprint density at radius 2 is 2.35 bits per heavy atom. The molecule has 1 amide bonds. The highest BCUT2D eigenvalue weighted by Gasteiger charge is 2.38. The van der Waals surface area contributed by atoms with E-state index in [9.17, 15) is 14.7 Å². The van der Waals surface area contributed by atoms with Crippen LogP contribution in [-0.2, 0) is 14.3 Å². The molecular formula is C14H19NO5. The molecular weight excluding hydrogens is 262 g/mol. The average Bonchev–Trinajstić information content (AvgIpc) is 2.96. The predicted octanol–water partition coefficient (Wildman–Crippen LogP) is 1.11.